The summed E-state index contributed by atoms with van der Waals surface area (Å²) in [7, 11) is 0. The molecule has 0 unspecified atom stereocenters. The Kier molecular flexibility index (Phi) is 3.13. The number of halogens is 2. The molecule has 0 spiro atoms. The fourth-order valence-electron chi connectivity index (χ4n) is 2.45. The maximum absolute atomic E-state index is 14.1. The molecule has 2 heterocycles. The van der Waals surface area contributed by atoms with Gasteiger partial charge >= 0.3 is 23.9 Å². The van der Waals surface area contributed by atoms with E-state index in [1.807, 2.05) is 0 Å². The quantitative estimate of drug-likeness (QED) is 0.598. The molecule has 2 aliphatic rings. The molecule has 2 aromatic rings. The SMILES string of the molecule is O=C1OC(=O)c2cc(Oc3cc4c(cc3Cl)C(=O)OC4=O)c(F)cc21. The van der Waals surface area contributed by atoms with Gasteiger partial charge < -0.3 is 14.2 Å². The maximum atomic E-state index is 14.1. The van der Waals surface area contributed by atoms with Gasteiger partial charge in [0, 0.05) is 0 Å². The highest BCUT2D eigenvalue weighted by Gasteiger charge is 2.33. The summed E-state index contributed by atoms with van der Waals surface area (Å²) in [5.41, 5.74) is -0.496. The van der Waals surface area contributed by atoms with Gasteiger partial charge in [-0.3, -0.25) is 0 Å². The summed E-state index contributed by atoms with van der Waals surface area (Å²) in [4.78, 5) is 46.0. The van der Waals surface area contributed by atoms with Crippen LogP contribution in [0.1, 0.15) is 41.4 Å². The number of fused-ring (bicyclic) bond motifs is 2. The normalized spacial score (nSPS) is 15.0. The summed E-state index contributed by atoms with van der Waals surface area (Å²) in [5, 5.41) is -0.0797. The largest absolute Gasteiger partial charge is 0.453 e. The third-order valence-corrected chi connectivity index (χ3v) is 3.91. The Hall–Kier alpha value is -3.26. The van der Waals surface area contributed by atoms with Crippen molar-refractivity contribution in [2.45, 2.75) is 0 Å². The average molecular weight is 363 g/mol. The zero-order chi connectivity index (χ0) is 17.9. The van der Waals surface area contributed by atoms with E-state index in [2.05, 4.69) is 9.47 Å². The number of hydrogen-bond donors (Lipinski definition) is 0. The van der Waals surface area contributed by atoms with Gasteiger partial charge in [-0.15, -0.1) is 0 Å². The third kappa shape index (κ3) is 2.26. The van der Waals surface area contributed by atoms with Gasteiger partial charge in [-0.25, -0.2) is 23.6 Å². The minimum Gasteiger partial charge on any atom is -0.453 e. The Morgan fingerprint density at radius 2 is 1.16 bits per heavy atom. The Labute approximate surface area is 142 Å². The van der Waals surface area contributed by atoms with E-state index in [0.717, 1.165) is 24.3 Å². The van der Waals surface area contributed by atoms with Gasteiger partial charge in [0.1, 0.15) is 5.75 Å². The van der Waals surface area contributed by atoms with Crippen molar-refractivity contribution in [2.24, 2.45) is 0 Å². The van der Waals surface area contributed by atoms with Crippen molar-refractivity contribution in [1.29, 1.82) is 0 Å². The zero-order valence-corrected chi connectivity index (χ0v) is 12.7. The average Bonchev–Trinajstić information content (AvgIpc) is 2.97. The summed E-state index contributed by atoms with van der Waals surface area (Å²) < 4.78 is 28.3. The molecule has 25 heavy (non-hydrogen) atoms. The van der Waals surface area contributed by atoms with Gasteiger partial charge in [0.2, 0.25) is 0 Å². The monoisotopic (exact) mass is 362 g/mol. The van der Waals surface area contributed by atoms with E-state index in [0.29, 0.717) is 0 Å². The standard InChI is InChI=1S/C16H4ClFO7/c17-9-1-5-7(15(21)24-13(5)19)3-11(9)23-12-4-8-6(2-10(12)18)14(20)25-16(8)22/h1-4H. The van der Waals surface area contributed by atoms with Crippen LogP contribution in [0, 0.1) is 5.82 Å². The molecule has 0 atom stereocenters. The number of cyclic esters (lactones) is 4. The lowest BCUT2D eigenvalue weighted by molar-refractivity contribution is 0.0425. The minimum absolute atomic E-state index is 0.0362. The number of rotatable bonds is 2. The zero-order valence-electron chi connectivity index (χ0n) is 11.9. The first kappa shape index (κ1) is 15.3. The van der Waals surface area contributed by atoms with Gasteiger partial charge in [-0.1, -0.05) is 11.6 Å². The predicted octanol–water partition coefficient (Wildman–Crippen LogP) is 2.89. The Morgan fingerprint density at radius 1 is 0.720 bits per heavy atom. The van der Waals surface area contributed by atoms with Gasteiger partial charge in [0.05, 0.1) is 27.3 Å². The van der Waals surface area contributed by atoms with Crippen LogP contribution in [0.15, 0.2) is 24.3 Å². The van der Waals surface area contributed by atoms with Crippen molar-refractivity contribution < 1.29 is 37.8 Å². The van der Waals surface area contributed by atoms with E-state index in [4.69, 9.17) is 16.3 Å². The van der Waals surface area contributed by atoms with Gasteiger partial charge in [-0.05, 0) is 24.3 Å². The van der Waals surface area contributed by atoms with Crippen LogP contribution in [0.2, 0.25) is 5.02 Å². The lowest BCUT2D eigenvalue weighted by atomic mass is 10.1. The van der Waals surface area contributed by atoms with Crippen LogP contribution in [0.3, 0.4) is 0 Å². The fraction of sp³-hybridized carbons (Fsp3) is 0. The van der Waals surface area contributed by atoms with Crippen LogP contribution in [0.25, 0.3) is 0 Å². The van der Waals surface area contributed by atoms with Crippen LogP contribution in [-0.2, 0) is 9.47 Å². The summed E-state index contributed by atoms with van der Waals surface area (Å²) in [6, 6.07) is 4.07. The topological polar surface area (TPSA) is 96.0 Å². The first-order valence-electron chi connectivity index (χ1n) is 6.73. The molecule has 0 aromatic heterocycles. The molecule has 2 aromatic carbocycles. The molecule has 0 saturated carbocycles. The highest BCUT2D eigenvalue weighted by atomic mass is 35.5. The third-order valence-electron chi connectivity index (χ3n) is 3.61. The minimum atomic E-state index is -0.956. The van der Waals surface area contributed by atoms with Crippen LogP contribution < -0.4 is 4.74 Å². The molecule has 0 fully saturated rings. The summed E-state index contributed by atoms with van der Waals surface area (Å²) >= 11 is 5.98. The van der Waals surface area contributed by atoms with Crippen molar-refractivity contribution >= 4 is 35.5 Å². The van der Waals surface area contributed by atoms with Crippen molar-refractivity contribution in [3.05, 3.63) is 57.4 Å². The van der Waals surface area contributed by atoms with Crippen LogP contribution in [-0.4, -0.2) is 23.9 Å². The molecule has 2 aliphatic heterocycles. The van der Waals surface area contributed by atoms with Gasteiger partial charge in [-0.2, -0.15) is 0 Å². The summed E-state index contributed by atoms with van der Waals surface area (Å²) in [5.74, 6) is -5.11. The predicted molar refractivity (Wildman–Crippen MR) is 77.4 cm³/mol. The van der Waals surface area contributed by atoms with Crippen LogP contribution in [0.4, 0.5) is 4.39 Å². The van der Waals surface area contributed by atoms with Gasteiger partial charge in [0.15, 0.2) is 11.6 Å². The smallest absolute Gasteiger partial charge is 0.347 e. The first-order valence-corrected chi connectivity index (χ1v) is 7.11. The molecule has 0 bridgehead atoms. The van der Waals surface area contributed by atoms with E-state index in [9.17, 15) is 23.6 Å². The lowest BCUT2D eigenvalue weighted by Gasteiger charge is -2.10. The van der Waals surface area contributed by atoms with Crippen LogP contribution >= 0.6 is 11.6 Å². The van der Waals surface area contributed by atoms with E-state index in [1.165, 1.54) is 0 Å². The highest BCUT2D eigenvalue weighted by Crippen LogP contribution is 2.37. The number of benzene rings is 2. The van der Waals surface area contributed by atoms with Crippen molar-refractivity contribution in [3.63, 3.8) is 0 Å². The van der Waals surface area contributed by atoms with E-state index in [1.54, 1.807) is 0 Å². The first-order chi connectivity index (χ1) is 11.8. The lowest BCUT2D eigenvalue weighted by Crippen LogP contribution is -1.98. The van der Waals surface area contributed by atoms with E-state index >= 15 is 0 Å². The molecule has 0 saturated heterocycles. The number of carbonyl (C=O) groups excluding carboxylic acids is 4. The van der Waals surface area contributed by atoms with E-state index in [-0.39, 0.29) is 33.0 Å². The van der Waals surface area contributed by atoms with Crippen molar-refractivity contribution in [2.75, 3.05) is 0 Å². The number of hydrogen-bond acceptors (Lipinski definition) is 7. The summed E-state index contributed by atoms with van der Waals surface area (Å²) in [6.07, 6.45) is 0. The highest BCUT2D eigenvalue weighted by molar-refractivity contribution is 6.33. The molecule has 7 nitrogen and oxygen atoms in total. The second kappa shape index (κ2) is 5.12. The molecule has 0 N–H and O–H groups in total. The molecule has 124 valence electrons. The van der Waals surface area contributed by atoms with Crippen molar-refractivity contribution in [3.8, 4) is 11.5 Å². The molecule has 4 rings (SSSR count). The Morgan fingerprint density at radius 3 is 1.72 bits per heavy atom. The summed E-state index contributed by atoms with van der Waals surface area (Å²) in [6.45, 7) is 0. The van der Waals surface area contributed by atoms with E-state index < -0.39 is 35.4 Å². The fourth-order valence-corrected chi connectivity index (χ4v) is 2.65. The molecule has 0 aliphatic carbocycles. The second-order valence-electron chi connectivity index (χ2n) is 5.11. The molecule has 0 amide bonds. The maximum Gasteiger partial charge on any atom is 0.347 e. The van der Waals surface area contributed by atoms with Gasteiger partial charge in [0.25, 0.3) is 0 Å². The molecule has 0 radical (unpaired) electrons. The molecular formula is C16H4ClFO7. The Bertz CT molecular complexity index is 946. The second-order valence-corrected chi connectivity index (χ2v) is 5.52. The van der Waals surface area contributed by atoms with Crippen LogP contribution in [0.5, 0.6) is 11.5 Å². The number of esters is 4. The molecular weight excluding hydrogens is 359 g/mol. The molecule has 9 heteroatoms. The number of carbonyl (C=O) groups is 4. The Balaban J connectivity index is 1.77. The van der Waals surface area contributed by atoms with Crippen molar-refractivity contribution in [1.82, 2.24) is 0 Å². The number of ether oxygens (including phenoxy) is 3.